The molecule has 0 fully saturated rings. The van der Waals surface area contributed by atoms with E-state index in [1.807, 2.05) is 26.0 Å². The van der Waals surface area contributed by atoms with E-state index in [1.54, 1.807) is 6.07 Å². The molecule has 0 aliphatic rings. The van der Waals surface area contributed by atoms with Crippen molar-refractivity contribution in [2.24, 2.45) is 0 Å². The summed E-state index contributed by atoms with van der Waals surface area (Å²) in [5.74, 6) is 0. The molecule has 0 aliphatic carbocycles. The summed E-state index contributed by atoms with van der Waals surface area (Å²) in [6.07, 6.45) is 0.839. The topological polar surface area (TPSA) is 40.9 Å². The van der Waals surface area contributed by atoms with Gasteiger partial charge in [-0.1, -0.05) is 26.8 Å². The molecule has 1 aromatic rings. The van der Waals surface area contributed by atoms with Gasteiger partial charge in [0.1, 0.15) is 6.29 Å². The van der Waals surface area contributed by atoms with Gasteiger partial charge in [-0.15, -0.1) is 0 Å². The van der Waals surface area contributed by atoms with Crippen LogP contribution in [0.4, 0.5) is 0 Å². The molecule has 0 spiro atoms. The molecule has 0 N–H and O–H groups in total. The van der Waals surface area contributed by atoms with Gasteiger partial charge in [-0.3, -0.25) is 4.79 Å². The Morgan fingerprint density at radius 2 is 1.59 bits per heavy atom. The Hall–Kier alpha value is -1.62. The highest BCUT2D eigenvalue weighted by molar-refractivity contribution is 5.76. The third-order valence-corrected chi connectivity index (χ3v) is 2.96. The smallest absolute Gasteiger partial charge is 0.150 e. The van der Waals surface area contributed by atoms with Gasteiger partial charge in [0.15, 0.2) is 0 Å². The molecule has 0 unspecified atom stereocenters. The van der Waals surface area contributed by atoms with Crippen LogP contribution in [0.2, 0.25) is 0 Å². The Kier molecular flexibility index (Phi) is 3.43. The summed E-state index contributed by atoms with van der Waals surface area (Å²) in [5, 5.41) is 9.17. The summed E-state index contributed by atoms with van der Waals surface area (Å²) in [6, 6.07) is 7.99. The van der Waals surface area contributed by atoms with Crippen LogP contribution in [0, 0.1) is 11.3 Å². The van der Waals surface area contributed by atoms with E-state index < -0.39 is 5.41 Å². The summed E-state index contributed by atoms with van der Waals surface area (Å²) in [5.41, 5.74) is 2.02. The number of hydrogen-bond donors (Lipinski definition) is 0. The predicted octanol–water partition coefficient (Wildman–Crippen LogP) is 3.60. The lowest BCUT2D eigenvalue weighted by Crippen LogP contribution is -2.18. The van der Waals surface area contributed by atoms with Crippen LogP contribution < -0.4 is 0 Å². The highest BCUT2D eigenvalue weighted by atomic mass is 16.1. The number of nitrogens with zero attached hydrogens (tertiary/aromatic N) is 1. The van der Waals surface area contributed by atoms with E-state index in [0.717, 1.165) is 17.4 Å². The minimum Gasteiger partial charge on any atom is -0.298 e. The second-order valence-corrected chi connectivity index (χ2v) is 5.95. The van der Waals surface area contributed by atoms with E-state index in [4.69, 9.17) is 5.26 Å². The van der Waals surface area contributed by atoms with Crippen molar-refractivity contribution in [1.82, 2.24) is 0 Å². The Morgan fingerprint density at radius 3 is 2.00 bits per heavy atom. The Balaban J connectivity index is 3.45. The van der Waals surface area contributed by atoms with Crippen LogP contribution in [-0.4, -0.2) is 6.29 Å². The highest BCUT2D eigenvalue weighted by Crippen LogP contribution is 2.29. The normalized spacial score (nSPS) is 12.0. The molecule has 0 saturated heterocycles. The lowest BCUT2D eigenvalue weighted by Gasteiger charge is -2.24. The fourth-order valence-electron chi connectivity index (χ4n) is 1.58. The zero-order valence-corrected chi connectivity index (χ0v) is 11.2. The first-order chi connectivity index (χ1) is 7.70. The average Bonchev–Trinajstić information content (AvgIpc) is 2.27. The molecule has 90 valence electrons. The zero-order valence-electron chi connectivity index (χ0n) is 11.2. The molecule has 1 aromatic carbocycles. The molecular weight excluding hydrogens is 210 g/mol. The molecule has 0 saturated carbocycles. The van der Waals surface area contributed by atoms with Crippen LogP contribution in [0.1, 0.15) is 56.1 Å². The summed E-state index contributed by atoms with van der Waals surface area (Å²) in [6.45, 7) is 10.0. The summed E-state index contributed by atoms with van der Waals surface area (Å²) in [4.78, 5) is 11.0. The van der Waals surface area contributed by atoms with Crippen molar-refractivity contribution in [1.29, 1.82) is 5.26 Å². The molecule has 2 heteroatoms. The van der Waals surface area contributed by atoms with Crippen LogP contribution in [0.5, 0.6) is 0 Å². The first-order valence-corrected chi connectivity index (χ1v) is 5.73. The quantitative estimate of drug-likeness (QED) is 0.727. The lowest BCUT2D eigenvalue weighted by molar-refractivity contribution is 0.112. The first kappa shape index (κ1) is 13.4. The van der Waals surface area contributed by atoms with Gasteiger partial charge in [0.25, 0.3) is 0 Å². The number of benzene rings is 1. The number of carbonyl (C=O) groups is 1. The van der Waals surface area contributed by atoms with Crippen molar-refractivity contribution in [2.45, 2.75) is 45.4 Å². The van der Waals surface area contributed by atoms with Crippen LogP contribution in [0.25, 0.3) is 0 Å². The van der Waals surface area contributed by atoms with Crippen LogP contribution in [0.3, 0.4) is 0 Å². The Bertz CT molecular complexity index is 473. The number of rotatable bonds is 2. The summed E-state index contributed by atoms with van der Waals surface area (Å²) < 4.78 is 0. The molecule has 0 aliphatic heterocycles. The second kappa shape index (κ2) is 4.33. The van der Waals surface area contributed by atoms with Gasteiger partial charge in [-0.2, -0.15) is 5.26 Å². The molecule has 2 nitrogen and oxygen atoms in total. The maximum atomic E-state index is 11.0. The molecule has 1 rings (SSSR count). The van der Waals surface area contributed by atoms with Crippen molar-refractivity contribution in [3.63, 3.8) is 0 Å². The molecule has 17 heavy (non-hydrogen) atoms. The second-order valence-electron chi connectivity index (χ2n) is 5.95. The first-order valence-electron chi connectivity index (χ1n) is 5.73. The molecule has 0 radical (unpaired) electrons. The largest absolute Gasteiger partial charge is 0.298 e. The van der Waals surface area contributed by atoms with Gasteiger partial charge < -0.3 is 0 Å². The standard InChI is InChI=1S/C15H19NO/c1-14(2,3)12-6-11(9-17)7-13(8-12)15(4,5)10-16/h6-9H,1-5H3. The van der Waals surface area contributed by atoms with Crippen molar-refractivity contribution in [3.8, 4) is 6.07 Å². The fourth-order valence-corrected chi connectivity index (χ4v) is 1.58. The molecule has 0 bridgehead atoms. The average molecular weight is 229 g/mol. The van der Waals surface area contributed by atoms with E-state index in [2.05, 4.69) is 26.8 Å². The van der Waals surface area contributed by atoms with Crippen LogP contribution >= 0.6 is 0 Å². The van der Waals surface area contributed by atoms with Gasteiger partial charge in [0.05, 0.1) is 11.5 Å². The minimum absolute atomic E-state index is 0.0285. The van der Waals surface area contributed by atoms with Crippen molar-refractivity contribution < 1.29 is 4.79 Å². The Labute approximate surface area is 103 Å². The third-order valence-electron chi connectivity index (χ3n) is 2.96. The third kappa shape index (κ3) is 2.94. The van der Waals surface area contributed by atoms with E-state index in [1.165, 1.54) is 0 Å². The van der Waals surface area contributed by atoms with Crippen molar-refractivity contribution in [3.05, 3.63) is 34.9 Å². The van der Waals surface area contributed by atoms with Gasteiger partial charge in [-0.05, 0) is 42.5 Å². The van der Waals surface area contributed by atoms with Crippen molar-refractivity contribution in [2.75, 3.05) is 0 Å². The summed E-state index contributed by atoms with van der Waals surface area (Å²) >= 11 is 0. The number of nitriles is 1. The van der Waals surface area contributed by atoms with E-state index in [-0.39, 0.29) is 5.41 Å². The van der Waals surface area contributed by atoms with Crippen LogP contribution in [-0.2, 0) is 10.8 Å². The number of carbonyl (C=O) groups excluding carboxylic acids is 1. The lowest BCUT2D eigenvalue weighted by atomic mass is 9.79. The fraction of sp³-hybridized carbons (Fsp3) is 0.467. The van der Waals surface area contributed by atoms with Crippen LogP contribution in [0.15, 0.2) is 18.2 Å². The molecule has 0 amide bonds. The molecule has 0 aromatic heterocycles. The molecule has 0 heterocycles. The monoisotopic (exact) mass is 229 g/mol. The van der Waals surface area contributed by atoms with Gasteiger partial charge in [-0.25, -0.2) is 0 Å². The van der Waals surface area contributed by atoms with Gasteiger partial charge in [0.2, 0.25) is 0 Å². The zero-order chi connectivity index (χ0) is 13.3. The van der Waals surface area contributed by atoms with E-state index >= 15 is 0 Å². The molecule has 0 atom stereocenters. The highest BCUT2D eigenvalue weighted by Gasteiger charge is 2.23. The van der Waals surface area contributed by atoms with E-state index in [9.17, 15) is 4.79 Å². The Morgan fingerprint density at radius 1 is 1.06 bits per heavy atom. The maximum absolute atomic E-state index is 11.0. The van der Waals surface area contributed by atoms with Crippen molar-refractivity contribution >= 4 is 6.29 Å². The molecular formula is C15H19NO. The number of aldehydes is 1. The predicted molar refractivity (Wildman–Crippen MR) is 69.2 cm³/mol. The number of hydrogen-bond acceptors (Lipinski definition) is 2. The van der Waals surface area contributed by atoms with Gasteiger partial charge >= 0.3 is 0 Å². The minimum atomic E-state index is -0.570. The van der Waals surface area contributed by atoms with E-state index in [0.29, 0.717) is 5.56 Å². The SMILES string of the molecule is CC(C)(C)c1cc(C=O)cc(C(C)(C)C#N)c1. The maximum Gasteiger partial charge on any atom is 0.150 e. The van der Waals surface area contributed by atoms with Gasteiger partial charge in [0, 0.05) is 5.56 Å². The summed E-state index contributed by atoms with van der Waals surface area (Å²) in [7, 11) is 0.